The number of ether oxygens (including phenoxy) is 1. The zero-order valence-corrected chi connectivity index (χ0v) is 16.6. The number of hydrogen-bond donors (Lipinski definition) is 3. The van der Waals surface area contributed by atoms with Gasteiger partial charge in [-0.25, -0.2) is 4.79 Å². The first-order valence-corrected chi connectivity index (χ1v) is 9.39. The van der Waals surface area contributed by atoms with E-state index in [9.17, 15) is 19.2 Å². The summed E-state index contributed by atoms with van der Waals surface area (Å²) < 4.78 is 5.73. The van der Waals surface area contributed by atoms with E-state index in [0.717, 1.165) is 17.0 Å². The number of para-hydroxylation sites is 1. The molecule has 1 aromatic heterocycles. The molecule has 10 heteroatoms. The molecule has 2 aromatic carbocycles. The van der Waals surface area contributed by atoms with E-state index in [1.165, 1.54) is 0 Å². The fraction of sp³-hybridized carbons (Fsp3) is 0. The van der Waals surface area contributed by atoms with Crippen molar-refractivity contribution in [3.05, 3.63) is 92.8 Å². The molecule has 1 aliphatic rings. The summed E-state index contributed by atoms with van der Waals surface area (Å²) in [5.41, 5.74) is -1.31. The average molecular weight is 434 g/mol. The Hall–Kier alpha value is -4.31. The maximum Gasteiger partial charge on any atom is 0.326 e. The standard InChI is InChI=1S/C21H14N4O5S/c26-17-11-12(22-20(29)23-17)10-16-18(27)24-21(31)25(19(16)28)13-6-8-15(9-7-13)30-14-4-2-1-3-5-14/h1-11H,(H,24,27,31)(H2,22,23,26,29). The van der Waals surface area contributed by atoms with Crippen molar-refractivity contribution in [2.75, 3.05) is 4.90 Å². The summed E-state index contributed by atoms with van der Waals surface area (Å²) in [4.78, 5) is 53.7. The number of carbonyl (C=O) groups excluding carboxylic acids is 2. The summed E-state index contributed by atoms with van der Waals surface area (Å²) >= 11 is 5.16. The van der Waals surface area contributed by atoms with Gasteiger partial charge in [0.1, 0.15) is 17.1 Å². The second kappa shape index (κ2) is 8.20. The van der Waals surface area contributed by atoms with Gasteiger partial charge in [0.05, 0.1) is 5.69 Å². The van der Waals surface area contributed by atoms with Crippen molar-refractivity contribution in [3.63, 3.8) is 0 Å². The second-order valence-electron chi connectivity index (χ2n) is 6.41. The molecule has 0 unspecified atom stereocenters. The molecule has 0 radical (unpaired) electrons. The monoisotopic (exact) mass is 434 g/mol. The van der Waals surface area contributed by atoms with Crippen LogP contribution in [0.1, 0.15) is 5.69 Å². The van der Waals surface area contributed by atoms with Crippen LogP contribution in [0.5, 0.6) is 11.5 Å². The van der Waals surface area contributed by atoms with Crippen molar-refractivity contribution < 1.29 is 14.3 Å². The van der Waals surface area contributed by atoms with E-state index in [1.807, 2.05) is 35.3 Å². The van der Waals surface area contributed by atoms with Crippen LogP contribution in [0.15, 0.2) is 75.8 Å². The molecule has 2 amide bonds. The number of thiocarbonyl (C=S) groups is 1. The van der Waals surface area contributed by atoms with Gasteiger partial charge in [-0.3, -0.25) is 29.6 Å². The Kier molecular flexibility index (Phi) is 5.29. The molecule has 0 aliphatic carbocycles. The fourth-order valence-electron chi connectivity index (χ4n) is 2.90. The lowest BCUT2D eigenvalue weighted by Gasteiger charge is -2.29. The number of aromatic amines is 2. The Balaban J connectivity index is 1.63. The van der Waals surface area contributed by atoms with Gasteiger partial charge in [-0.2, -0.15) is 0 Å². The Labute approximate surface area is 180 Å². The van der Waals surface area contributed by atoms with Crippen LogP contribution in [0.4, 0.5) is 5.69 Å². The van der Waals surface area contributed by atoms with Gasteiger partial charge < -0.3 is 9.72 Å². The molecule has 1 fully saturated rings. The van der Waals surface area contributed by atoms with E-state index in [2.05, 4.69) is 10.3 Å². The van der Waals surface area contributed by atoms with E-state index in [0.29, 0.717) is 17.2 Å². The molecule has 3 N–H and O–H groups in total. The normalized spacial score (nSPS) is 15.2. The van der Waals surface area contributed by atoms with Crippen molar-refractivity contribution in [2.45, 2.75) is 0 Å². The number of benzene rings is 2. The van der Waals surface area contributed by atoms with Gasteiger partial charge in [-0.15, -0.1) is 0 Å². The molecule has 0 spiro atoms. The smallest absolute Gasteiger partial charge is 0.326 e. The molecule has 154 valence electrons. The minimum atomic E-state index is -0.760. The number of carbonyl (C=O) groups is 2. The largest absolute Gasteiger partial charge is 0.457 e. The van der Waals surface area contributed by atoms with Crippen LogP contribution in [0, 0.1) is 0 Å². The van der Waals surface area contributed by atoms with Gasteiger partial charge in [0, 0.05) is 11.8 Å². The number of hydrogen-bond acceptors (Lipinski definition) is 6. The van der Waals surface area contributed by atoms with Crippen molar-refractivity contribution in [3.8, 4) is 11.5 Å². The molecule has 2 heterocycles. The highest BCUT2D eigenvalue weighted by Gasteiger charge is 2.34. The molecular formula is C21H14N4O5S. The molecule has 0 atom stereocenters. The predicted octanol–water partition coefficient (Wildman–Crippen LogP) is 1.69. The van der Waals surface area contributed by atoms with E-state index >= 15 is 0 Å². The maximum atomic E-state index is 13.0. The van der Waals surface area contributed by atoms with Crippen LogP contribution in [-0.2, 0) is 9.59 Å². The number of nitrogens with zero attached hydrogens (tertiary/aromatic N) is 1. The molecule has 1 saturated heterocycles. The minimum Gasteiger partial charge on any atom is -0.457 e. The zero-order valence-electron chi connectivity index (χ0n) is 15.7. The first-order valence-electron chi connectivity index (χ1n) is 8.99. The highest BCUT2D eigenvalue weighted by atomic mass is 32.1. The maximum absolute atomic E-state index is 13.0. The van der Waals surface area contributed by atoms with Gasteiger partial charge in [-0.1, -0.05) is 18.2 Å². The molecule has 0 bridgehead atoms. The number of amides is 2. The summed E-state index contributed by atoms with van der Waals surface area (Å²) in [6.07, 6.45) is 1.12. The Morgan fingerprint density at radius 1 is 0.871 bits per heavy atom. The quantitative estimate of drug-likeness (QED) is 0.326. The van der Waals surface area contributed by atoms with Crippen LogP contribution < -0.4 is 26.2 Å². The van der Waals surface area contributed by atoms with Crippen molar-refractivity contribution >= 4 is 40.9 Å². The van der Waals surface area contributed by atoms with Crippen molar-refractivity contribution in [1.82, 2.24) is 15.3 Å². The van der Waals surface area contributed by atoms with Crippen LogP contribution in [0.3, 0.4) is 0 Å². The van der Waals surface area contributed by atoms with E-state index in [-0.39, 0.29) is 16.4 Å². The van der Waals surface area contributed by atoms with Crippen LogP contribution >= 0.6 is 12.2 Å². The Morgan fingerprint density at radius 2 is 1.55 bits per heavy atom. The van der Waals surface area contributed by atoms with E-state index < -0.39 is 23.1 Å². The topological polar surface area (TPSA) is 124 Å². The lowest BCUT2D eigenvalue weighted by Crippen LogP contribution is -2.54. The average Bonchev–Trinajstić information content (AvgIpc) is 2.72. The van der Waals surface area contributed by atoms with E-state index in [1.54, 1.807) is 24.3 Å². The molecule has 31 heavy (non-hydrogen) atoms. The SMILES string of the molecule is O=C1NC(=S)N(c2ccc(Oc3ccccc3)cc2)C(=O)C1=Cc1cc(=O)[nH]c(=O)[nH]1. The van der Waals surface area contributed by atoms with Gasteiger partial charge in [0.25, 0.3) is 17.4 Å². The predicted molar refractivity (Wildman–Crippen MR) is 117 cm³/mol. The highest BCUT2D eigenvalue weighted by Crippen LogP contribution is 2.26. The number of H-pyrrole nitrogens is 2. The molecule has 4 rings (SSSR count). The van der Waals surface area contributed by atoms with Gasteiger partial charge in [0.15, 0.2) is 5.11 Å². The third-order valence-electron chi connectivity index (χ3n) is 4.26. The minimum absolute atomic E-state index is 0.00614. The van der Waals surface area contributed by atoms with Gasteiger partial charge in [0.2, 0.25) is 0 Å². The van der Waals surface area contributed by atoms with Crippen molar-refractivity contribution in [2.24, 2.45) is 0 Å². The Morgan fingerprint density at radius 3 is 2.23 bits per heavy atom. The summed E-state index contributed by atoms with van der Waals surface area (Å²) in [6.45, 7) is 0. The fourth-order valence-corrected chi connectivity index (χ4v) is 3.18. The van der Waals surface area contributed by atoms with Crippen LogP contribution in [0.25, 0.3) is 6.08 Å². The first-order chi connectivity index (χ1) is 14.9. The van der Waals surface area contributed by atoms with Gasteiger partial charge >= 0.3 is 5.69 Å². The number of anilines is 1. The summed E-state index contributed by atoms with van der Waals surface area (Å²) in [5, 5.41) is 2.34. The lowest BCUT2D eigenvalue weighted by molar-refractivity contribution is -0.122. The number of nitrogens with one attached hydrogen (secondary N) is 3. The summed E-state index contributed by atoms with van der Waals surface area (Å²) in [6, 6.07) is 16.8. The van der Waals surface area contributed by atoms with Gasteiger partial charge in [-0.05, 0) is 54.7 Å². The van der Waals surface area contributed by atoms with Crippen molar-refractivity contribution in [1.29, 1.82) is 0 Å². The molecule has 3 aromatic rings. The lowest BCUT2D eigenvalue weighted by atomic mass is 10.1. The first kappa shape index (κ1) is 20.0. The van der Waals surface area contributed by atoms with Crippen LogP contribution in [0.2, 0.25) is 0 Å². The Bertz CT molecular complexity index is 1300. The second-order valence-corrected chi connectivity index (χ2v) is 6.80. The third kappa shape index (κ3) is 4.33. The molecule has 9 nitrogen and oxygen atoms in total. The highest BCUT2D eigenvalue weighted by molar-refractivity contribution is 7.80. The summed E-state index contributed by atoms with van der Waals surface area (Å²) in [7, 11) is 0. The van der Waals surface area contributed by atoms with E-state index in [4.69, 9.17) is 17.0 Å². The molecular weight excluding hydrogens is 420 g/mol. The molecule has 1 aliphatic heterocycles. The molecule has 0 saturated carbocycles. The zero-order chi connectivity index (χ0) is 22.0. The number of aromatic nitrogens is 2. The van der Waals surface area contributed by atoms with Crippen LogP contribution in [-0.4, -0.2) is 26.9 Å². The number of rotatable bonds is 4. The summed E-state index contributed by atoms with van der Waals surface area (Å²) in [5.74, 6) is -0.238. The third-order valence-corrected chi connectivity index (χ3v) is 4.54.